The second kappa shape index (κ2) is 2.22. The first-order valence-corrected chi connectivity index (χ1v) is 4.68. The number of rotatable bonds is 0. The van der Waals surface area contributed by atoms with Crippen molar-refractivity contribution in [2.75, 3.05) is 6.61 Å². The average molecular weight is 167 g/mol. The standard InChI is InChI=1S/C9H13NO2/c1-5-8-7-3-2-6(4-11-7)9(8)12-10-5/h6-9H,2-4H2,1H3/t6-,7-,8+,9-/m0/s1. The number of nitrogens with zero attached hydrogens (tertiary/aromatic N) is 1. The normalized spacial score (nSPS) is 49.9. The Morgan fingerprint density at radius 2 is 2.33 bits per heavy atom. The van der Waals surface area contributed by atoms with Gasteiger partial charge >= 0.3 is 0 Å². The Hall–Kier alpha value is -0.570. The summed E-state index contributed by atoms with van der Waals surface area (Å²) < 4.78 is 5.70. The molecule has 4 aliphatic rings. The molecule has 0 aromatic rings. The molecule has 3 fully saturated rings. The molecule has 3 heteroatoms. The first-order chi connectivity index (χ1) is 5.86. The van der Waals surface area contributed by atoms with Gasteiger partial charge in [0.2, 0.25) is 0 Å². The van der Waals surface area contributed by atoms with Gasteiger partial charge in [-0.1, -0.05) is 5.16 Å². The first-order valence-electron chi connectivity index (χ1n) is 4.68. The average Bonchev–Trinajstić information content (AvgIpc) is 2.53. The molecule has 2 bridgehead atoms. The summed E-state index contributed by atoms with van der Waals surface area (Å²) in [7, 11) is 0. The van der Waals surface area contributed by atoms with Crippen LogP contribution in [0.15, 0.2) is 5.16 Å². The van der Waals surface area contributed by atoms with E-state index in [1.165, 1.54) is 12.8 Å². The summed E-state index contributed by atoms with van der Waals surface area (Å²) in [6, 6.07) is 0. The van der Waals surface area contributed by atoms with E-state index in [1.807, 2.05) is 0 Å². The topological polar surface area (TPSA) is 30.8 Å². The van der Waals surface area contributed by atoms with Crippen LogP contribution in [0, 0.1) is 11.8 Å². The highest BCUT2D eigenvalue weighted by Gasteiger charge is 2.50. The number of ether oxygens (including phenoxy) is 1. The van der Waals surface area contributed by atoms with Crippen molar-refractivity contribution in [1.29, 1.82) is 0 Å². The molecule has 4 rings (SSSR count). The predicted octanol–water partition coefficient (Wildman–Crippen LogP) is 1.19. The molecule has 0 N–H and O–H groups in total. The summed E-state index contributed by atoms with van der Waals surface area (Å²) in [6.45, 7) is 2.93. The molecule has 12 heavy (non-hydrogen) atoms. The summed E-state index contributed by atoms with van der Waals surface area (Å²) in [6.07, 6.45) is 3.19. The molecule has 3 nitrogen and oxygen atoms in total. The minimum absolute atomic E-state index is 0.345. The SMILES string of the molecule is CC1=NO[C@H]2[C@H]3CC[C@H](OC3)[C@@H]12. The van der Waals surface area contributed by atoms with Gasteiger partial charge in [-0.25, -0.2) is 0 Å². The molecular weight excluding hydrogens is 154 g/mol. The molecule has 4 atom stereocenters. The van der Waals surface area contributed by atoms with Gasteiger partial charge in [0.1, 0.15) is 6.10 Å². The highest BCUT2D eigenvalue weighted by Crippen LogP contribution is 2.42. The molecule has 66 valence electrons. The molecule has 3 aliphatic heterocycles. The van der Waals surface area contributed by atoms with E-state index in [1.54, 1.807) is 0 Å². The molecule has 3 heterocycles. The summed E-state index contributed by atoms with van der Waals surface area (Å²) in [5.41, 5.74) is 1.13. The second-order valence-corrected chi connectivity index (χ2v) is 4.04. The van der Waals surface area contributed by atoms with E-state index in [0.29, 0.717) is 24.0 Å². The van der Waals surface area contributed by atoms with Gasteiger partial charge in [0, 0.05) is 5.92 Å². The van der Waals surface area contributed by atoms with Gasteiger partial charge in [0.15, 0.2) is 0 Å². The highest BCUT2D eigenvalue weighted by molar-refractivity contribution is 5.86. The van der Waals surface area contributed by atoms with Crippen LogP contribution in [-0.2, 0) is 9.57 Å². The summed E-state index contributed by atoms with van der Waals surface area (Å²) in [5, 5.41) is 4.06. The largest absolute Gasteiger partial charge is 0.391 e. The molecule has 0 aromatic heterocycles. The van der Waals surface area contributed by atoms with Crippen LogP contribution in [0.2, 0.25) is 0 Å². The number of oxime groups is 1. The van der Waals surface area contributed by atoms with Crippen molar-refractivity contribution >= 4 is 5.71 Å². The van der Waals surface area contributed by atoms with Gasteiger partial charge < -0.3 is 9.57 Å². The minimum atomic E-state index is 0.345. The van der Waals surface area contributed by atoms with Crippen molar-refractivity contribution in [1.82, 2.24) is 0 Å². The Kier molecular flexibility index (Phi) is 1.28. The summed E-state index contributed by atoms with van der Waals surface area (Å²) >= 11 is 0. The smallest absolute Gasteiger partial charge is 0.143 e. The lowest BCUT2D eigenvalue weighted by molar-refractivity contribution is -0.152. The lowest BCUT2D eigenvalue weighted by atomic mass is 9.73. The van der Waals surface area contributed by atoms with Gasteiger partial charge in [-0.15, -0.1) is 0 Å². The third-order valence-corrected chi connectivity index (χ3v) is 3.37. The quantitative estimate of drug-likeness (QED) is 0.542. The fourth-order valence-electron chi connectivity index (χ4n) is 2.70. The van der Waals surface area contributed by atoms with E-state index in [2.05, 4.69) is 12.1 Å². The summed E-state index contributed by atoms with van der Waals surface area (Å²) in [4.78, 5) is 5.41. The Morgan fingerprint density at radius 3 is 3.00 bits per heavy atom. The van der Waals surface area contributed by atoms with Crippen molar-refractivity contribution in [3.8, 4) is 0 Å². The first kappa shape index (κ1) is 6.89. The second-order valence-electron chi connectivity index (χ2n) is 4.04. The van der Waals surface area contributed by atoms with Gasteiger partial charge in [-0.3, -0.25) is 0 Å². The Morgan fingerprint density at radius 1 is 1.42 bits per heavy atom. The van der Waals surface area contributed by atoms with Gasteiger partial charge in [0.25, 0.3) is 0 Å². The van der Waals surface area contributed by atoms with E-state index in [-0.39, 0.29) is 0 Å². The lowest BCUT2D eigenvalue weighted by Gasteiger charge is -2.43. The molecule has 2 saturated heterocycles. The van der Waals surface area contributed by atoms with Crippen LogP contribution in [0.1, 0.15) is 19.8 Å². The number of hydrogen-bond donors (Lipinski definition) is 0. The molecule has 1 saturated carbocycles. The van der Waals surface area contributed by atoms with Crippen molar-refractivity contribution in [2.24, 2.45) is 17.0 Å². The lowest BCUT2D eigenvalue weighted by Crippen LogP contribution is -2.51. The zero-order valence-corrected chi connectivity index (χ0v) is 7.19. The van der Waals surface area contributed by atoms with Crippen LogP contribution in [0.4, 0.5) is 0 Å². The van der Waals surface area contributed by atoms with Crippen molar-refractivity contribution < 1.29 is 9.57 Å². The van der Waals surface area contributed by atoms with Gasteiger partial charge in [-0.05, 0) is 19.8 Å². The predicted molar refractivity (Wildman–Crippen MR) is 43.9 cm³/mol. The molecular formula is C9H13NO2. The third-order valence-electron chi connectivity index (χ3n) is 3.37. The maximum atomic E-state index is 5.70. The Balaban J connectivity index is 1.94. The molecule has 0 spiro atoms. The van der Waals surface area contributed by atoms with E-state index in [4.69, 9.17) is 9.57 Å². The van der Waals surface area contributed by atoms with E-state index < -0.39 is 0 Å². The Labute approximate surface area is 71.7 Å². The minimum Gasteiger partial charge on any atom is -0.391 e. The van der Waals surface area contributed by atoms with Crippen molar-refractivity contribution in [3.63, 3.8) is 0 Å². The highest BCUT2D eigenvalue weighted by atomic mass is 16.7. The van der Waals surface area contributed by atoms with Crippen LogP contribution < -0.4 is 0 Å². The van der Waals surface area contributed by atoms with Gasteiger partial charge in [0.05, 0.1) is 24.3 Å². The van der Waals surface area contributed by atoms with Crippen LogP contribution in [0.5, 0.6) is 0 Å². The third kappa shape index (κ3) is 0.724. The van der Waals surface area contributed by atoms with E-state index in [9.17, 15) is 0 Å². The van der Waals surface area contributed by atoms with E-state index in [0.717, 1.165) is 12.3 Å². The van der Waals surface area contributed by atoms with Crippen LogP contribution in [0.3, 0.4) is 0 Å². The molecule has 1 aliphatic carbocycles. The van der Waals surface area contributed by atoms with Gasteiger partial charge in [-0.2, -0.15) is 0 Å². The zero-order chi connectivity index (χ0) is 8.13. The van der Waals surface area contributed by atoms with Crippen LogP contribution >= 0.6 is 0 Å². The molecule has 0 aromatic carbocycles. The Bertz CT molecular complexity index is 231. The number of hydrogen-bond acceptors (Lipinski definition) is 3. The zero-order valence-electron chi connectivity index (χ0n) is 7.19. The number of fused-ring (bicyclic) bond motifs is 2. The summed E-state index contributed by atoms with van der Waals surface area (Å²) in [5.74, 6) is 1.07. The maximum Gasteiger partial charge on any atom is 0.143 e. The maximum absolute atomic E-state index is 5.70. The fourth-order valence-corrected chi connectivity index (χ4v) is 2.70. The van der Waals surface area contributed by atoms with Crippen LogP contribution in [0.25, 0.3) is 0 Å². The molecule has 0 amide bonds. The van der Waals surface area contributed by atoms with Crippen molar-refractivity contribution in [2.45, 2.75) is 32.0 Å². The van der Waals surface area contributed by atoms with Crippen molar-refractivity contribution in [3.05, 3.63) is 0 Å². The molecule has 0 radical (unpaired) electrons. The fraction of sp³-hybridized carbons (Fsp3) is 0.889. The monoisotopic (exact) mass is 167 g/mol. The van der Waals surface area contributed by atoms with E-state index >= 15 is 0 Å². The molecule has 0 unspecified atom stereocenters. The van der Waals surface area contributed by atoms with Crippen LogP contribution in [-0.4, -0.2) is 24.5 Å².